The van der Waals surface area contributed by atoms with Crippen molar-refractivity contribution < 1.29 is 0 Å². The number of hydrogen-bond acceptors (Lipinski definition) is 2. The smallest absolute Gasteiger partial charge is 0.186 e. The van der Waals surface area contributed by atoms with Gasteiger partial charge in [-0.05, 0) is 24.9 Å². The van der Waals surface area contributed by atoms with E-state index in [0.29, 0.717) is 5.11 Å². The molecule has 3 nitrogen and oxygen atoms in total. The van der Waals surface area contributed by atoms with Gasteiger partial charge in [0.05, 0.1) is 0 Å². The third kappa shape index (κ3) is 4.08. The van der Waals surface area contributed by atoms with Crippen molar-refractivity contribution in [3.05, 3.63) is 35.9 Å². The van der Waals surface area contributed by atoms with Gasteiger partial charge in [0.1, 0.15) is 0 Å². The fourth-order valence-electron chi connectivity index (χ4n) is 1.01. The molecular weight excluding hydrogens is 206 g/mol. The molecule has 0 spiro atoms. The fraction of sp³-hybridized carbons (Fsp3) is 0.273. The van der Waals surface area contributed by atoms with Crippen LogP contribution < -0.4 is 10.7 Å². The van der Waals surface area contributed by atoms with Crippen LogP contribution in [-0.2, 0) is 0 Å². The van der Waals surface area contributed by atoms with Crippen LogP contribution in [0, 0.1) is 6.07 Å². The van der Waals surface area contributed by atoms with Crippen LogP contribution in [0.4, 0.5) is 0 Å². The largest absolute Gasteiger partial charge is 0.362 e. The van der Waals surface area contributed by atoms with Gasteiger partial charge in [0.25, 0.3) is 0 Å². The van der Waals surface area contributed by atoms with Crippen LogP contribution in [0.2, 0.25) is 0 Å². The second-order valence-corrected chi connectivity index (χ2v) is 3.35. The van der Waals surface area contributed by atoms with Crippen molar-refractivity contribution in [3.8, 4) is 0 Å². The molecule has 0 saturated carbocycles. The van der Waals surface area contributed by atoms with Gasteiger partial charge in [-0.1, -0.05) is 6.92 Å². The van der Waals surface area contributed by atoms with Gasteiger partial charge in [0, 0.05) is 6.54 Å². The van der Waals surface area contributed by atoms with E-state index in [-0.39, 0.29) is 0 Å². The summed E-state index contributed by atoms with van der Waals surface area (Å²) in [5, 5.41) is 7.63. The molecule has 1 rings (SSSR count). The Bertz CT molecular complexity index is 346. The molecule has 0 aliphatic carbocycles. The van der Waals surface area contributed by atoms with E-state index < -0.39 is 0 Å². The maximum atomic E-state index is 4.98. The SMILES string of the molecule is CCNC(=S)N/N=C(\C)c1[c-]cccc1. The lowest BCUT2D eigenvalue weighted by atomic mass is 10.1. The minimum atomic E-state index is 0.535. The maximum Gasteiger partial charge on any atom is 0.186 e. The Morgan fingerprint density at radius 1 is 1.53 bits per heavy atom. The average Bonchev–Trinajstić information content (AvgIpc) is 2.27. The molecule has 2 N–H and O–H groups in total. The maximum absolute atomic E-state index is 4.98. The summed E-state index contributed by atoms with van der Waals surface area (Å²) in [4.78, 5) is 0. The van der Waals surface area contributed by atoms with Crippen LogP contribution in [0.3, 0.4) is 0 Å². The average molecular weight is 220 g/mol. The first-order chi connectivity index (χ1) is 7.24. The van der Waals surface area contributed by atoms with Gasteiger partial charge < -0.3 is 5.32 Å². The zero-order chi connectivity index (χ0) is 11.1. The zero-order valence-corrected chi connectivity index (χ0v) is 9.69. The minimum Gasteiger partial charge on any atom is -0.362 e. The quantitative estimate of drug-likeness (QED) is 0.352. The van der Waals surface area contributed by atoms with Gasteiger partial charge in [-0.15, -0.1) is 35.9 Å². The van der Waals surface area contributed by atoms with Crippen LogP contribution in [-0.4, -0.2) is 17.4 Å². The lowest BCUT2D eigenvalue weighted by Crippen LogP contribution is -2.32. The number of thiocarbonyl (C=S) groups is 1. The summed E-state index contributed by atoms with van der Waals surface area (Å²) in [7, 11) is 0. The second-order valence-electron chi connectivity index (χ2n) is 2.94. The molecular formula is C11H14N3S-. The molecule has 15 heavy (non-hydrogen) atoms. The molecule has 0 fully saturated rings. The van der Waals surface area contributed by atoms with Crippen molar-refractivity contribution in [2.75, 3.05) is 6.54 Å². The molecule has 0 heterocycles. The summed E-state index contributed by atoms with van der Waals surface area (Å²) in [6, 6.07) is 10.8. The van der Waals surface area contributed by atoms with Crippen molar-refractivity contribution in [2.24, 2.45) is 5.10 Å². The molecule has 4 heteroatoms. The summed E-state index contributed by atoms with van der Waals surface area (Å²) in [5.74, 6) is 0. The Balaban J connectivity index is 2.57. The summed E-state index contributed by atoms with van der Waals surface area (Å²) >= 11 is 4.98. The zero-order valence-electron chi connectivity index (χ0n) is 8.87. The van der Waals surface area contributed by atoms with Crippen LogP contribution in [0.15, 0.2) is 29.4 Å². The highest BCUT2D eigenvalue weighted by molar-refractivity contribution is 7.80. The van der Waals surface area contributed by atoms with E-state index in [9.17, 15) is 0 Å². The number of benzene rings is 1. The molecule has 1 aromatic carbocycles. The summed E-state index contributed by atoms with van der Waals surface area (Å²) in [6.45, 7) is 4.68. The third-order valence-electron chi connectivity index (χ3n) is 1.76. The van der Waals surface area contributed by atoms with E-state index in [1.807, 2.05) is 38.1 Å². The van der Waals surface area contributed by atoms with Crippen molar-refractivity contribution in [1.82, 2.24) is 10.7 Å². The Morgan fingerprint density at radius 2 is 2.33 bits per heavy atom. The molecule has 0 bridgehead atoms. The Labute approximate surface area is 95.6 Å². The topological polar surface area (TPSA) is 36.4 Å². The highest BCUT2D eigenvalue weighted by atomic mass is 32.1. The third-order valence-corrected chi connectivity index (χ3v) is 2.00. The van der Waals surface area contributed by atoms with Gasteiger partial charge in [0.15, 0.2) is 5.11 Å². The molecule has 0 amide bonds. The van der Waals surface area contributed by atoms with E-state index in [1.54, 1.807) is 0 Å². The lowest BCUT2D eigenvalue weighted by Gasteiger charge is -2.09. The van der Waals surface area contributed by atoms with Gasteiger partial charge in [-0.25, -0.2) is 5.10 Å². The monoisotopic (exact) mass is 220 g/mol. The highest BCUT2D eigenvalue weighted by Gasteiger charge is 1.90. The molecule has 0 aliphatic rings. The first-order valence-electron chi connectivity index (χ1n) is 4.79. The molecule has 1 aromatic rings. The minimum absolute atomic E-state index is 0.535. The summed E-state index contributed by atoms with van der Waals surface area (Å²) < 4.78 is 0. The van der Waals surface area contributed by atoms with Gasteiger partial charge in [0.2, 0.25) is 0 Å². The molecule has 80 valence electrons. The molecule has 0 atom stereocenters. The predicted octanol–water partition coefficient (Wildman–Crippen LogP) is 1.69. The molecule has 0 saturated heterocycles. The molecule has 0 unspecified atom stereocenters. The second kappa shape index (κ2) is 6.14. The first-order valence-corrected chi connectivity index (χ1v) is 5.20. The standard InChI is InChI=1S/C11H14N3S/c1-3-12-11(15)14-13-9(2)10-7-5-4-6-8-10/h4-7H,3H2,1-2H3,(H2,12,14,15)/q-1/b13-9+. The predicted molar refractivity (Wildman–Crippen MR) is 66.9 cm³/mol. The van der Waals surface area contributed by atoms with Crippen LogP contribution in [0.5, 0.6) is 0 Å². The van der Waals surface area contributed by atoms with E-state index in [4.69, 9.17) is 12.2 Å². The lowest BCUT2D eigenvalue weighted by molar-refractivity contribution is 0.900. The van der Waals surface area contributed by atoms with Crippen LogP contribution >= 0.6 is 12.2 Å². The number of rotatable bonds is 3. The van der Waals surface area contributed by atoms with E-state index in [2.05, 4.69) is 21.9 Å². The molecule has 0 aromatic heterocycles. The van der Waals surface area contributed by atoms with Crippen molar-refractivity contribution in [3.63, 3.8) is 0 Å². The van der Waals surface area contributed by atoms with Gasteiger partial charge >= 0.3 is 0 Å². The van der Waals surface area contributed by atoms with E-state index in [0.717, 1.165) is 17.8 Å². The highest BCUT2D eigenvalue weighted by Crippen LogP contribution is 1.98. The Hall–Kier alpha value is -1.42. The first kappa shape index (κ1) is 11.7. The summed E-state index contributed by atoms with van der Waals surface area (Å²) in [6.07, 6.45) is 0. The van der Waals surface area contributed by atoms with Crippen molar-refractivity contribution in [2.45, 2.75) is 13.8 Å². The van der Waals surface area contributed by atoms with Crippen molar-refractivity contribution in [1.29, 1.82) is 0 Å². The number of hydrazone groups is 1. The number of nitrogens with one attached hydrogen (secondary N) is 2. The summed E-state index contributed by atoms with van der Waals surface area (Å²) in [5.41, 5.74) is 4.59. The normalized spacial score (nSPS) is 10.9. The van der Waals surface area contributed by atoms with Crippen LogP contribution in [0.1, 0.15) is 19.4 Å². The Morgan fingerprint density at radius 3 is 2.93 bits per heavy atom. The molecule has 0 radical (unpaired) electrons. The van der Waals surface area contributed by atoms with Crippen LogP contribution in [0.25, 0.3) is 0 Å². The number of nitrogens with zero attached hydrogens (tertiary/aromatic N) is 1. The van der Waals surface area contributed by atoms with Gasteiger partial charge in [-0.2, -0.15) is 0 Å². The number of hydrogen-bond donors (Lipinski definition) is 2. The van der Waals surface area contributed by atoms with E-state index >= 15 is 0 Å². The molecule has 0 aliphatic heterocycles. The Kier molecular flexibility index (Phi) is 4.77. The van der Waals surface area contributed by atoms with Crippen molar-refractivity contribution >= 4 is 23.0 Å². The van der Waals surface area contributed by atoms with Gasteiger partial charge in [-0.3, -0.25) is 5.43 Å². The van der Waals surface area contributed by atoms with E-state index in [1.165, 1.54) is 0 Å². The fourth-order valence-corrected chi connectivity index (χ4v) is 1.20.